The van der Waals surface area contributed by atoms with Gasteiger partial charge < -0.3 is 67.3 Å². The summed E-state index contributed by atoms with van der Waals surface area (Å²) in [7, 11) is 5.15. The first-order chi connectivity index (χ1) is 38.2. The van der Waals surface area contributed by atoms with Crippen LogP contribution >= 0.6 is 11.3 Å². The number of amides is 10. The molecule has 454 valence electrons. The fourth-order valence-electron chi connectivity index (χ4n) is 7.50. The maximum absolute atomic E-state index is 14.3. The molecule has 82 heavy (non-hydrogen) atoms. The lowest BCUT2D eigenvalue weighted by molar-refractivity contribution is -0.149. The quantitative estimate of drug-likeness (QED) is 0.0319. The van der Waals surface area contributed by atoms with Crippen molar-refractivity contribution in [3.8, 4) is 5.75 Å². The summed E-state index contributed by atoms with van der Waals surface area (Å²) in [4.78, 5) is 172. The zero-order chi connectivity index (χ0) is 62.2. The smallest absolute Gasteiger partial charge is 0.330 e. The van der Waals surface area contributed by atoms with Crippen LogP contribution in [0.3, 0.4) is 0 Å². The molecule has 10 amide bonds. The van der Waals surface area contributed by atoms with Gasteiger partial charge in [0.05, 0.1) is 49.9 Å². The van der Waals surface area contributed by atoms with Gasteiger partial charge >= 0.3 is 17.9 Å². The van der Waals surface area contributed by atoms with E-state index < -0.39 is 140 Å². The fourth-order valence-corrected chi connectivity index (χ4v) is 8.34. The van der Waals surface area contributed by atoms with Crippen LogP contribution in [0.5, 0.6) is 5.75 Å². The lowest BCUT2D eigenvalue weighted by Gasteiger charge is -2.38. The molecule has 0 saturated heterocycles. The Labute approximate surface area is 480 Å². The predicted molar refractivity (Wildman–Crippen MR) is 298 cm³/mol. The largest absolute Gasteiger partial charge is 0.481 e. The zero-order valence-electron chi connectivity index (χ0n) is 48.7. The van der Waals surface area contributed by atoms with Gasteiger partial charge in [-0.05, 0) is 70.3 Å². The molecule has 0 saturated carbocycles. The Kier molecular flexibility index (Phi) is 28.7. The zero-order valence-corrected chi connectivity index (χ0v) is 49.6. The first-order valence-electron chi connectivity index (χ1n) is 26.4. The van der Waals surface area contributed by atoms with Crippen LogP contribution in [0.4, 0.5) is 5.69 Å². The number of carboxylic acid groups (broad SMARTS) is 1. The van der Waals surface area contributed by atoms with Gasteiger partial charge in [0.15, 0.2) is 11.9 Å². The number of anilines is 1. The number of aromatic nitrogens is 1. The maximum atomic E-state index is 14.3. The summed E-state index contributed by atoms with van der Waals surface area (Å²) >= 11 is 1.02. The number of hydrogen-bond donors (Lipinski definition) is 10. The molecule has 0 spiro atoms. The van der Waals surface area contributed by atoms with Gasteiger partial charge in [-0.15, -0.1) is 11.3 Å². The molecule has 2 rings (SSSR count). The molecule has 28 nitrogen and oxygen atoms in total. The Balaban J connectivity index is 2.47. The second kappa shape index (κ2) is 33.6. The second-order valence-electron chi connectivity index (χ2n) is 20.6. The highest BCUT2D eigenvalue weighted by Gasteiger charge is 2.39. The van der Waals surface area contributed by atoms with Gasteiger partial charge in [-0.25, -0.2) is 9.78 Å². The van der Waals surface area contributed by atoms with Crippen molar-refractivity contribution in [1.29, 1.82) is 0 Å². The standard InChI is InChI=1S/C53H80N12O16S/c1-14-29(4)47(63-52(79)53(9,10)64(11)12)50(76)65(13)38(28(2)3)20-40(80-33(8)68)49-62-37(27-82-49)48(75)60-35(17-30(5)51(77)78)18-34-15-16-39(81-46(74)26-59-44(72)24-57-42(70)22-55-32(7)67)36(19-34)61-45(73)25-58-43(71)23-56-41(69)21-54-31(6)66/h15-16,19,27-30,35,38,40,47H,14,17-18,20-26H2,1-13H3,(H,54,66)(H,55,67)(H,56,69)(H,57,70)(H,58,71)(H,59,72)(H,60,75)(H,61,73)(H,63,79)(H,77,78)/t29-,30-,35+,38+,40+,47-/m0/s1. The van der Waals surface area contributed by atoms with Crippen molar-refractivity contribution in [2.75, 3.05) is 65.7 Å². The third kappa shape index (κ3) is 24.3. The minimum atomic E-state index is -1.18. The van der Waals surface area contributed by atoms with Crippen LogP contribution in [0.15, 0.2) is 23.6 Å². The first kappa shape index (κ1) is 70.0. The van der Waals surface area contributed by atoms with Gasteiger partial charge in [0, 0.05) is 51.7 Å². The van der Waals surface area contributed by atoms with Gasteiger partial charge in [0.2, 0.25) is 53.2 Å². The molecule has 1 heterocycles. The van der Waals surface area contributed by atoms with E-state index in [1.807, 2.05) is 27.7 Å². The van der Waals surface area contributed by atoms with Crippen LogP contribution in [0.1, 0.15) is 116 Å². The molecule has 2 aromatic rings. The van der Waals surface area contributed by atoms with Crippen molar-refractivity contribution in [2.24, 2.45) is 17.8 Å². The Hall–Kier alpha value is -8.08. The molecule has 0 unspecified atom stereocenters. The van der Waals surface area contributed by atoms with E-state index in [0.717, 1.165) is 11.3 Å². The number of esters is 2. The monoisotopic (exact) mass is 1170 g/mol. The average Bonchev–Trinajstić information content (AvgIpc) is 3.90. The Morgan fingerprint density at radius 1 is 0.707 bits per heavy atom. The van der Waals surface area contributed by atoms with Gasteiger partial charge in [-0.3, -0.25) is 62.4 Å². The van der Waals surface area contributed by atoms with E-state index in [2.05, 4.69) is 52.8 Å². The van der Waals surface area contributed by atoms with Gasteiger partial charge in [0.1, 0.15) is 23.3 Å². The molecule has 0 aliphatic rings. The number of carboxylic acids is 1. The lowest BCUT2D eigenvalue weighted by atomic mass is 9.92. The van der Waals surface area contributed by atoms with Crippen LogP contribution in [-0.4, -0.2) is 181 Å². The molecule has 10 N–H and O–H groups in total. The minimum Gasteiger partial charge on any atom is -0.481 e. The number of nitrogens with zero attached hydrogens (tertiary/aromatic N) is 3. The number of rotatable bonds is 33. The van der Waals surface area contributed by atoms with Crippen LogP contribution in [0, 0.1) is 17.8 Å². The van der Waals surface area contributed by atoms with Crippen LogP contribution < -0.4 is 52.6 Å². The molecule has 1 aromatic carbocycles. The van der Waals surface area contributed by atoms with E-state index in [-0.39, 0.29) is 65.1 Å². The fraction of sp³-hybridized carbons (Fsp3) is 0.585. The van der Waals surface area contributed by atoms with E-state index >= 15 is 0 Å². The molecule has 0 aliphatic carbocycles. The van der Waals surface area contributed by atoms with Crippen LogP contribution in [0.25, 0.3) is 0 Å². The van der Waals surface area contributed by atoms with Gasteiger partial charge in [0.25, 0.3) is 5.91 Å². The second-order valence-corrected chi connectivity index (χ2v) is 21.5. The number of hydrogen-bond acceptors (Lipinski definition) is 18. The van der Waals surface area contributed by atoms with Gasteiger partial charge in [-0.2, -0.15) is 0 Å². The summed E-state index contributed by atoms with van der Waals surface area (Å²) in [6.07, 6.45) is -0.622. The van der Waals surface area contributed by atoms with Crippen molar-refractivity contribution in [3.63, 3.8) is 0 Å². The van der Waals surface area contributed by atoms with Crippen molar-refractivity contribution in [3.05, 3.63) is 39.8 Å². The first-order valence-corrected chi connectivity index (χ1v) is 27.2. The van der Waals surface area contributed by atoms with Crippen molar-refractivity contribution < 1.29 is 76.9 Å². The van der Waals surface area contributed by atoms with E-state index in [1.165, 1.54) is 56.2 Å². The number of benzene rings is 1. The number of nitrogens with one attached hydrogen (secondary N) is 9. The molecule has 0 fully saturated rings. The molecule has 29 heteroatoms. The van der Waals surface area contributed by atoms with E-state index in [4.69, 9.17) is 9.47 Å². The molecule has 6 atom stereocenters. The highest BCUT2D eigenvalue weighted by Crippen LogP contribution is 2.32. The van der Waals surface area contributed by atoms with Crippen molar-refractivity contribution in [1.82, 2.24) is 57.3 Å². The number of carbonyl (C=O) groups is 13. The molecule has 0 bridgehead atoms. The summed E-state index contributed by atoms with van der Waals surface area (Å²) in [5, 5.41) is 33.5. The highest BCUT2D eigenvalue weighted by atomic mass is 32.1. The Morgan fingerprint density at radius 3 is 1.72 bits per heavy atom. The summed E-state index contributed by atoms with van der Waals surface area (Å²) in [6.45, 7) is 12.8. The summed E-state index contributed by atoms with van der Waals surface area (Å²) in [5.41, 5.74) is -0.834. The number of ether oxygens (including phenoxy) is 2. The number of carbonyl (C=O) groups excluding carboxylic acids is 12. The summed E-state index contributed by atoms with van der Waals surface area (Å²) < 4.78 is 11.2. The normalized spacial score (nSPS) is 13.3. The number of thiazole rings is 1. The van der Waals surface area contributed by atoms with E-state index in [0.29, 0.717) is 12.0 Å². The topological polar surface area (TPSA) is 388 Å². The van der Waals surface area contributed by atoms with E-state index in [1.54, 1.807) is 39.9 Å². The third-order valence-corrected chi connectivity index (χ3v) is 14.0. The molecule has 1 aromatic heterocycles. The molecule has 0 aliphatic heterocycles. The number of likely N-dealkylation sites (N-methyl/N-ethyl adjacent to an activating group) is 2. The minimum absolute atomic E-state index is 0.0590. The SMILES string of the molecule is CC[C@H](C)[C@H](NC(=O)C(C)(C)N(C)C)C(=O)N(C)[C@H](C[C@@H](OC(C)=O)c1nc(C(=O)N[C@@H](Cc2ccc(OC(=O)CNC(=O)CNC(=O)CNC(C)=O)c(NC(=O)CNC(=O)CNC(=O)CNC(C)=O)c2)C[C@H](C)C(=O)O)cs1)C(C)C. The highest BCUT2D eigenvalue weighted by molar-refractivity contribution is 7.09. The number of aliphatic carboxylic acids is 1. The molecular weight excluding hydrogens is 1090 g/mol. The Morgan fingerprint density at radius 2 is 1.23 bits per heavy atom. The van der Waals surface area contributed by atoms with Crippen LogP contribution in [0.2, 0.25) is 0 Å². The summed E-state index contributed by atoms with van der Waals surface area (Å²) in [6, 6.07) is 1.71. The van der Waals surface area contributed by atoms with Gasteiger partial charge in [-0.1, -0.05) is 47.1 Å². The molecular formula is C53H80N12O16S. The maximum Gasteiger partial charge on any atom is 0.330 e. The summed E-state index contributed by atoms with van der Waals surface area (Å²) in [5.74, 6) is -10.7. The van der Waals surface area contributed by atoms with Crippen molar-refractivity contribution in [2.45, 2.75) is 125 Å². The van der Waals surface area contributed by atoms with Crippen LogP contribution in [-0.2, 0) is 68.7 Å². The average molecular weight is 1170 g/mol. The van der Waals surface area contributed by atoms with E-state index in [9.17, 15) is 67.4 Å². The predicted octanol–water partition coefficient (Wildman–Crippen LogP) is -0.476. The lowest BCUT2D eigenvalue weighted by Crippen LogP contribution is -2.60. The third-order valence-electron chi connectivity index (χ3n) is 13.0. The Bertz CT molecular complexity index is 2640. The van der Waals surface area contributed by atoms with Crippen molar-refractivity contribution >= 4 is 94.0 Å². The molecule has 0 radical (unpaired) electrons.